The molecule has 1 aromatic heterocycles. The van der Waals surface area contributed by atoms with Crippen LogP contribution in [0.4, 0.5) is 0 Å². The van der Waals surface area contributed by atoms with Crippen LogP contribution < -0.4 is 5.32 Å². The van der Waals surface area contributed by atoms with Gasteiger partial charge in [0.15, 0.2) is 5.82 Å². The van der Waals surface area contributed by atoms with Crippen molar-refractivity contribution in [2.75, 3.05) is 26.2 Å². The average Bonchev–Trinajstić information content (AvgIpc) is 2.64. The third-order valence-electron chi connectivity index (χ3n) is 3.61. The van der Waals surface area contributed by atoms with Crippen LogP contribution in [0.2, 0.25) is 0 Å². The van der Waals surface area contributed by atoms with Crippen molar-refractivity contribution in [3.8, 4) is 0 Å². The standard InChI is InChI=1S/C14H18N4O/c1-17-12-6-3-2-5-11(12)16-13(17)14(19)18-9-4-7-15-8-10-18/h2-3,5-6,15H,4,7-10H2,1H3. The maximum atomic E-state index is 12.6. The van der Waals surface area contributed by atoms with E-state index < -0.39 is 0 Å². The van der Waals surface area contributed by atoms with E-state index in [1.165, 1.54) is 0 Å². The van der Waals surface area contributed by atoms with Gasteiger partial charge in [0.1, 0.15) is 0 Å². The van der Waals surface area contributed by atoms with Gasteiger partial charge in [-0.1, -0.05) is 12.1 Å². The first-order valence-corrected chi connectivity index (χ1v) is 6.69. The maximum absolute atomic E-state index is 12.6. The molecule has 0 radical (unpaired) electrons. The Morgan fingerprint density at radius 2 is 2.11 bits per heavy atom. The van der Waals surface area contributed by atoms with Crippen LogP contribution in [0, 0.1) is 0 Å². The lowest BCUT2D eigenvalue weighted by atomic mass is 10.3. The number of hydrogen-bond acceptors (Lipinski definition) is 3. The van der Waals surface area contributed by atoms with Gasteiger partial charge in [0.2, 0.25) is 0 Å². The largest absolute Gasteiger partial charge is 0.335 e. The summed E-state index contributed by atoms with van der Waals surface area (Å²) in [6.45, 7) is 3.39. The summed E-state index contributed by atoms with van der Waals surface area (Å²) in [7, 11) is 1.90. The highest BCUT2D eigenvalue weighted by molar-refractivity contribution is 5.94. The lowest BCUT2D eigenvalue weighted by Gasteiger charge is -2.19. The van der Waals surface area contributed by atoms with Gasteiger partial charge in [-0.15, -0.1) is 0 Å². The molecular weight excluding hydrogens is 240 g/mol. The van der Waals surface area contributed by atoms with Crippen LogP contribution in [0.1, 0.15) is 17.0 Å². The Kier molecular flexibility index (Phi) is 3.21. The topological polar surface area (TPSA) is 50.2 Å². The number of nitrogens with one attached hydrogen (secondary N) is 1. The van der Waals surface area contributed by atoms with Crippen molar-refractivity contribution >= 4 is 16.9 Å². The van der Waals surface area contributed by atoms with Crippen molar-refractivity contribution in [3.63, 3.8) is 0 Å². The number of aromatic nitrogens is 2. The predicted octanol–water partition coefficient (Wildman–Crippen LogP) is 1.01. The van der Waals surface area contributed by atoms with Crippen LogP contribution in [0.25, 0.3) is 11.0 Å². The van der Waals surface area contributed by atoms with E-state index in [0.717, 1.165) is 43.6 Å². The Labute approximate surface area is 112 Å². The summed E-state index contributed by atoms with van der Waals surface area (Å²) in [5, 5.41) is 3.30. The summed E-state index contributed by atoms with van der Waals surface area (Å²) >= 11 is 0. The monoisotopic (exact) mass is 258 g/mol. The molecule has 1 aliphatic rings. The van der Waals surface area contributed by atoms with E-state index in [9.17, 15) is 4.79 Å². The predicted molar refractivity (Wildman–Crippen MR) is 74.1 cm³/mol. The van der Waals surface area contributed by atoms with E-state index in [2.05, 4.69) is 10.3 Å². The van der Waals surface area contributed by atoms with Crippen molar-refractivity contribution in [2.45, 2.75) is 6.42 Å². The van der Waals surface area contributed by atoms with Gasteiger partial charge >= 0.3 is 0 Å². The second-order valence-corrected chi connectivity index (χ2v) is 4.88. The zero-order valence-electron chi connectivity index (χ0n) is 11.1. The number of fused-ring (bicyclic) bond motifs is 1. The molecule has 1 fully saturated rings. The van der Waals surface area contributed by atoms with Gasteiger partial charge in [-0.2, -0.15) is 0 Å². The minimum atomic E-state index is 0.0300. The molecule has 5 heteroatoms. The smallest absolute Gasteiger partial charge is 0.289 e. The molecule has 0 aliphatic carbocycles. The van der Waals surface area contributed by atoms with Crippen LogP contribution in [0.5, 0.6) is 0 Å². The summed E-state index contributed by atoms with van der Waals surface area (Å²) in [6, 6.07) is 7.84. The molecular formula is C14H18N4O. The first kappa shape index (κ1) is 12.2. The second kappa shape index (κ2) is 5.01. The summed E-state index contributed by atoms with van der Waals surface area (Å²) in [4.78, 5) is 18.9. The first-order valence-electron chi connectivity index (χ1n) is 6.69. The van der Waals surface area contributed by atoms with Crippen LogP contribution in [0.15, 0.2) is 24.3 Å². The van der Waals surface area contributed by atoms with Gasteiger partial charge in [0.05, 0.1) is 11.0 Å². The number of carbonyl (C=O) groups excluding carboxylic acids is 1. The number of aryl methyl sites for hydroxylation is 1. The van der Waals surface area contributed by atoms with Crippen LogP contribution in [0.3, 0.4) is 0 Å². The van der Waals surface area contributed by atoms with E-state index in [1.807, 2.05) is 40.8 Å². The third kappa shape index (κ3) is 2.21. The normalized spacial score (nSPS) is 16.6. The number of imidazole rings is 1. The molecule has 5 nitrogen and oxygen atoms in total. The molecule has 0 bridgehead atoms. The van der Waals surface area contributed by atoms with Gasteiger partial charge in [-0.25, -0.2) is 4.98 Å². The molecule has 1 amide bonds. The van der Waals surface area contributed by atoms with Gasteiger partial charge in [-0.05, 0) is 25.1 Å². The van der Waals surface area contributed by atoms with Crippen LogP contribution in [-0.4, -0.2) is 46.5 Å². The van der Waals surface area contributed by atoms with E-state index in [4.69, 9.17) is 0 Å². The Morgan fingerprint density at radius 1 is 1.26 bits per heavy atom. The van der Waals surface area contributed by atoms with Gasteiger partial charge in [0, 0.05) is 26.7 Å². The van der Waals surface area contributed by atoms with E-state index in [-0.39, 0.29) is 5.91 Å². The Balaban J connectivity index is 1.94. The lowest BCUT2D eigenvalue weighted by Crippen LogP contribution is -2.35. The molecule has 19 heavy (non-hydrogen) atoms. The van der Waals surface area contributed by atoms with Crippen molar-refractivity contribution in [2.24, 2.45) is 7.05 Å². The Hall–Kier alpha value is -1.88. The van der Waals surface area contributed by atoms with Crippen molar-refractivity contribution in [3.05, 3.63) is 30.1 Å². The van der Waals surface area contributed by atoms with Crippen molar-refractivity contribution < 1.29 is 4.79 Å². The minimum absolute atomic E-state index is 0.0300. The lowest BCUT2D eigenvalue weighted by molar-refractivity contribution is 0.0751. The summed E-state index contributed by atoms with van der Waals surface area (Å²) in [5.41, 5.74) is 1.88. The fourth-order valence-electron chi connectivity index (χ4n) is 2.53. The Bertz CT molecular complexity index is 597. The molecule has 1 aromatic carbocycles. The van der Waals surface area contributed by atoms with Crippen molar-refractivity contribution in [1.29, 1.82) is 0 Å². The quantitative estimate of drug-likeness (QED) is 0.830. The fraction of sp³-hybridized carbons (Fsp3) is 0.429. The highest BCUT2D eigenvalue weighted by Gasteiger charge is 2.22. The molecule has 0 unspecified atom stereocenters. The number of para-hydroxylation sites is 2. The van der Waals surface area contributed by atoms with E-state index >= 15 is 0 Å². The number of amides is 1. The SMILES string of the molecule is Cn1c(C(=O)N2CCCNCC2)nc2ccccc21. The fourth-order valence-corrected chi connectivity index (χ4v) is 2.53. The van der Waals surface area contributed by atoms with Gasteiger partial charge in [-0.3, -0.25) is 4.79 Å². The molecule has 1 saturated heterocycles. The van der Waals surface area contributed by atoms with Crippen LogP contribution in [-0.2, 0) is 7.05 Å². The zero-order valence-corrected chi connectivity index (χ0v) is 11.1. The number of hydrogen-bond donors (Lipinski definition) is 1. The molecule has 1 aliphatic heterocycles. The van der Waals surface area contributed by atoms with Gasteiger partial charge in [0.25, 0.3) is 5.91 Å². The zero-order chi connectivity index (χ0) is 13.2. The summed E-state index contributed by atoms with van der Waals surface area (Å²) in [6.07, 6.45) is 0.996. The molecule has 100 valence electrons. The summed E-state index contributed by atoms with van der Waals surface area (Å²) in [5.74, 6) is 0.561. The highest BCUT2D eigenvalue weighted by Crippen LogP contribution is 2.15. The van der Waals surface area contributed by atoms with Gasteiger partial charge < -0.3 is 14.8 Å². The number of benzene rings is 1. The van der Waals surface area contributed by atoms with E-state index in [1.54, 1.807) is 0 Å². The highest BCUT2D eigenvalue weighted by atomic mass is 16.2. The molecule has 2 aromatic rings. The number of rotatable bonds is 1. The minimum Gasteiger partial charge on any atom is -0.335 e. The van der Waals surface area contributed by atoms with E-state index in [0.29, 0.717) is 5.82 Å². The molecule has 3 rings (SSSR count). The Morgan fingerprint density at radius 3 is 2.95 bits per heavy atom. The second-order valence-electron chi connectivity index (χ2n) is 4.88. The van der Waals surface area contributed by atoms with Crippen molar-refractivity contribution in [1.82, 2.24) is 19.8 Å². The number of nitrogens with zero attached hydrogens (tertiary/aromatic N) is 3. The summed E-state index contributed by atoms with van der Waals surface area (Å²) < 4.78 is 1.88. The first-order chi connectivity index (χ1) is 9.27. The van der Waals surface area contributed by atoms with Crippen LogP contribution >= 0.6 is 0 Å². The average molecular weight is 258 g/mol. The molecule has 2 heterocycles. The third-order valence-corrected chi connectivity index (χ3v) is 3.61. The molecule has 0 atom stereocenters. The molecule has 1 N–H and O–H groups in total. The maximum Gasteiger partial charge on any atom is 0.289 e. The molecule has 0 spiro atoms. The number of carbonyl (C=O) groups is 1. The molecule has 0 saturated carbocycles.